The molecule has 5 heteroatoms. The number of rotatable bonds is 4. The zero-order valence-electron chi connectivity index (χ0n) is 9.99. The average Bonchev–Trinajstić information content (AvgIpc) is 2.71. The maximum atomic E-state index is 10.8. The number of halogens is 1. The largest absolute Gasteiger partial charge is 0.345 e. The van der Waals surface area contributed by atoms with E-state index in [1.54, 1.807) is 0 Å². The second-order valence-corrected chi connectivity index (χ2v) is 5.77. The fraction of sp³-hybridized carbons (Fsp3) is 0.667. The first kappa shape index (κ1) is 12.8. The third-order valence-corrected chi connectivity index (χ3v) is 4.62. The van der Waals surface area contributed by atoms with Crippen molar-refractivity contribution in [2.24, 2.45) is 0 Å². The third kappa shape index (κ3) is 2.80. The van der Waals surface area contributed by atoms with E-state index in [-0.39, 0.29) is 0 Å². The topological polar surface area (TPSA) is 33.2 Å². The number of anilines is 1. The van der Waals surface area contributed by atoms with Gasteiger partial charge < -0.3 is 4.90 Å². The number of aromatic nitrogens is 1. The highest BCUT2D eigenvalue weighted by Crippen LogP contribution is 2.33. The molecule has 2 heterocycles. The van der Waals surface area contributed by atoms with E-state index in [0.29, 0.717) is 16.1 Å². The molecule has 1 saturated heterocycles. The van der Waals surface area contributed by atoms with Gasteiger partial charge in [0.2, 0.25) is 0 Å². The maximum absolute atomic E-state index is 10.8. The van der Waals surface area contributed by atoms with Gasteiger partial charge in [-0.25, -0.2) is 4.98 Å². The molecule has 1 unspecified atom stereocenters. The van der Waals surface area contributed by atoms with Gasteiger partial charge in [-0.05, 0) is 25.7 Å². The molecule has 1 atom stereocenters. The molecule has 1 aliphatic rings. The number of piperidine rings is 1. The van der Waals surface area contributed by atoms with E-state index in [1.807, 2.05) is 0 Å². The van der Waals surface area contributed by atoms with Crippen LogP contribution < -0.4 is 4.90 Å². The second kappa shape index (κ2) is 5.83. The Hall–Kier alpha value is -0.610. The van der Waals surface area contributed by atoms with Crippen LogP contribution in [0.15, 0.2) is 0 Å². The molecular weight excluding hydrogens is 256 g/mol. The summed E-state index contributed by atoms with van der Waals surface area (Å²) in [5, 5.41) is 1.26. The predicted molar refractivity (Wildman–Crippen MR) is 72.4 cm³/mol. The second-order valence-electron chi connectivity index (χ2n) is 4.40. The zero-order chi connectivity index (χ0) is 12.3. The molecule has 3 nitrogen and oxygen atoms in total. The summed E-state index contributed by atoms with van der Waals surface area (Å²) < 4.78 is 0. The van der Waals surface area contributed by atoms with Crippen molar-refractivity contribution in [3.63, 3.8) is 0 Å². The van der Waals surface area contributed by atoms with Crippen molar-refractivity contribution in [3.05, 3.63) is 10.0 Å². The smallest absolute Gasteiger partial charge is 0.187 e. The van der Waals surface area contributed by atoms with Crippen molar-refractivity contribution in [2.75, 3.05) is 11.4 Å². The lowest BCUT2D eigenvalue weighted by Gasteiger charge is -2.35. The molecule has 2 rings (SSSR count). The van der Waals surface area contributed by atoms with E-state index in [4.69, 9.17) is 11.6 Å². The molecule has 1 aromatic rings. The van der Waals surface area contributed by atoms with E-state index in [9.17, 15) is 4.79 Å². The monoisotopic (exact) mass is 272 g/mol. The lowest BCUT2D eigenvalue weighted by molar-refractivity contribution is 0.112. The number of aldehydes is 1. The summed E-state index contributed by atoms with van der Waals surface area (Å²) in [6, 6.07) is 0.565. The first-order chi connectivity index (χ1) is 8.26. The number of hydrogen-bond donors (Lipinski definition) is 0. The molecule has 94 valence electrons. The number of thiazole rings is 1. The minimum absolute atomic E-state index is 0.348. The molecule has 0 amide bonds. The highest BCUT2D eigenvalue weighted by Gasteiger charge is 2.25. The SMILES string of the molecule is CCCC1CCCCN1c1nc(Cl)c(C=O)s1. The van der Waals surface area contributed by atoms with E-state index in [0.717, 1.165) is 18.0 Å². The average molecular weight is 273 g/mol. The number of carbonyl (C=O) groups is 1. The van der Waals surface area contributed by atoms with Gasteiger partial charge in [-0.2, -0.15) is 0 Å². The van der Waals surface area contributed by atoms with Crippen LogP contribution in [0.2, 0.25) is 5.15 Å². The van der Waals surface area contributed by atoms with Gasteiger partial charge in [0, 0.05) is 12.6 Å². The van der Waals surface area contributed by atoms with Gasteiger partial charge in [0.25, 0.3) is 0 Å². The van der Waals surface area contributed by atoms with Gasteiger partial charge >= 0.3 is 0 Å². The van der Waals surface area contributed by atoms with E-state index < -0.39 is 0 Å². The molecular formula is C12H17ClN2OS. The van der Waals surface area contributed by atoms with Crippen LogP contribution in [0.1, 0.15) is 48.7 Å². The Bertz CT molecular complexity index is 392. The summed E-state index contributed by atoms with van der Waals surface area (Å²) in [6.07, 6.45) is 6.88. The fourth-order valence-electron chi connectivity index (χ4n) is 2.38. The van der Waals surface area contributed by atoms with Crippen molar-refractivity contribution < 1.29 is 4.79 Å². The summed E-state index contributed by atoms with van der Waals surface area (Å²) in [5.41, 5.74) is 0. The number of carbonyl (C=O) groups excluding carboxylic acids is 1. The van der Waals surface area contributed by atoms with Crippen LogP contribution in [0.4, 0.5) is 5.13 Å². The molecule has 0 radical (unpaired) electrons. The van der Waals surface area contributed by atoms with Gasteiger partial charge in [0.15, 0.2) is 16.6 Å². The van der Waals surface area contributed by atoms with Crippen LogP contribution in [-0.4, -0.2) is 23.9 Å². The Balaban J connectivity index is 2.19. The normalized spacial score (nSPS) is 20.6. The highest BCUT2D eigenvalue weighted by molar-refractivity contribution is 7.17. The molecule has 0 spiro atoms. The molecule has 1 aliphatic heterocycles. The maximum Gasteiger partial charge on any atom is 0.187 e. The molecule has 0 saturated carbocycles. The molecule has 1 aromatic heterocycles. The first-order valence-corrected chi connectivity index (χ1v) is 7.33. The van der Waals surface area contributed by atoms with E-state index in [2.05, 4.69) is 16.8 Å². The van der Waals surface area contributed by atoms with Crippen molar-refractivity contribution in [3.8, 4) is 0 Å². The number of nitrogens with zero attached hydrogens (tertiary/aromatic N) is 2. The summed E-state index contributed by atoms with van der Waals surface area (Å²) in [7, 11) is 0. The van der Waals surface area contributed by atoms with Crippen LogP contribution in [-0.2, 0) is 0 Å². The molecule has 0 aliphatic carbocycles. The van der Waals surface area contributed by atoms with E-state index >= 15 is 0 Å². The van der Waals surface area contributed by atoms with Gasteiger partial charge in [-0.1, -0.05) is 36.3 Å². The Kier molecular flexibility index (Phi) is 4.40. The van der Waals surface area contributed by atoms with Crippen molar-refractivity contribution in [1.29, 1.82) is 0 Å². The molecule has 1 fully saturated rings. The Morgan fingerprint density at radius 3 is 3.06 bits per heavy atom. The van der Waals surface area contributed by atoms with Crippen LogP contribution in [0.5, 0.6) is 0 Å². The lowest BCUT2D eigenvalue weighted by atomic mass is 9.99. The highest BCUT2D eigenvalue weighted by atomic mass is 35.5. The van der Waals surface area contributed by atoms with E-state index in [1.165, 1.54) is 43.4 Å². The van der Waals surface area contributed by atoms with Crippen molar-refractivity contribution >= 4 is 34.4 Å². The molecule has 17 heavy (non-hydrogen) atoms. The van der Waals surface area contributed by atoms with Gasteiger partial charge in [-0.3, -0.25) is 4.79 Å². The minimum atomic E-state index is 0.348. The Morgan fingerprint density at radius 1 is 1.59 bits per heavy atom. The van der Waals surface area contributed by atoms with Crippen LogP contribution in [0.25, 0.3) is 0 Å². The van der Waals surface area contributed by atoms with Crippen LogP contribution in [0.3, 0.4) is 0 Å². The first-order valence-electron chi connectivity index (χ1n) is 6.14. The van der Waals surface area contributed by atoms with Gasteiger partial charge in [0.05, 0.1) is 0 Å². The van der Waals surface area contributed by atoms with Crippen molar-refractivity contribution in [1.82, 2.24) is 4.98 Å². The van der Waals surface area contributed by atoms with Crippen LogP contribution in [0, 0.1) is 0 Å². The number of hydrogen-bond acceptors (Lipinski definition) is 4. The lowest BCUT2D eigenvalue weighted by Crippen LogP contribution is -2.39. The van der Waals surface area contributed by atoms with Crippen molar-refractivity contribution in [2.45, 2.75) is 45.1 Å². The molecule has 0 aromatic carbocycles. The standard InChI is InChI=1S/C12H17ClN2OS/c1-2-5-9-6-3-4-7-15(9)12-14-11(13)10(8-16)17-12/h8-9H,2-7H2,1H3. The minimum Gasteiger partial charge on any atom is -0.345 e. The van der Waals surface area contributed by atoms with Gasteiger partial charge in [0.1, 0.15) is 4.88 Å². The van der Waals surface area contributed by atoms with Crippen LogP contribution >= 0.6 is 22.9 Å². The Labute approximate surface area is 111 Å². The molecule has 0 bridgehead atoms. The molecule has 0 N–H and O–H groups in total. The summed E-state index contributed by atoms with van der Waals surface area (Å²) >= 11 is 7.34. The third-order valence-electron chi connectivity index (χ3n) is 3.20. The Morgan fingerprint density at radius 2 is 2.41 bits per heavy atom. The quantitative estimate of drug-likeness (QED) is 0.783. The summed E-state index contributed by atoms with van der Waals surface area (Å²) in [4.78, 5) is 18.0. The predicted octanol–water partition coefficient (Wildman–Crippen LogP) is 3.77. The summed E-state index contributed by atoms with van der Waals surface area (Å²) in [6.45, 7) is 3.24. The fourth-order valence-corrected chi connectivity index (χ4v) is 3.54. The summed E-state index contributed by atoms with van der Waals surface area (Å²) in [5.74, 6) is 0. The van der Waals surface area contributed by atoms with Gasteiger partial charge in [-0.15, -0.1) is 0 Å². The zero-order valence-corrected chi connectivity index (χ0v) is 11.6.